The molecule has 4 rings (SSSR count). The van der Waals surface area contributed by atoms with Crippen molar-refractivity contribution in [1.29, 1.82) is 0 Å². The van der Waals surface area contributed by atoms with Gasteiger partial charge >= 0.3 is 0 Å². The van der Waals surface area contributed by atoms with Crippen molar-refractivity contribution >= 4 is 79.3 Å². The Balaban J connectivity index is 0.00000272. The van der Waals surface area contributed by atoms with Crippen molar-refractivity contribution in [2.24, 2.45) is 0 Å². The van der Waals surface area contributed by atoms with Crippen LogP contribution < -0.4 is 0 Å². The van der Waals surface area contributed by atoms with Gasteiger partial charge in [-0.1, -0.05) is 36.4 Å². The van der Waals surface area contributed by atoms with Crippen LogP contribution >= 0.6 is 67.9 Å². The highest BCUT2D eigenvalue weighted by molar-refractivity contribution is 8.93. The highest BCUT2D eigenvalue weighted by Crippen LogP contribution is 2.22. The number of benzene rings is 2. The van der Waals surface area contributed by atoms with Gasteiger partial charge < -0.3 is 9.47 Å². The molecule has 0 unspecified atom stereocenters. The topological polar surface area (TPSA) is 24.5 Å². The van der Waals surface area contributed by atoms with Crippen LogP contribution in [0, 0.1) is 0 Å². The summed E-state index contributed by atoms with van der Waals surface area (Å²) in [5, 5.41) is 0. The van der Waals surface area contributed by atoms with Gasteiger partial charge in [0.05, 0.1) is 0 Å². The molecule has 0 saturated heterocycles. The summed E-state index contributed by atoms with van der Waals surface area (Å²) in [4.78, 5) is 0. The van der Waals surface area contributed by atoms with Crippen molar-refractivity contribution in [1.82, 2.24) is 0 Å². The van der Waals surface area contributed by atoms with Gasteiger partial charge in [-0.05, 0) is 23.3 Å². The van der Waals surface area contributed by atoms with E-state index in [9.17, 15) is 0 Å². The summed E-state index contributed by atoms with van der Waals surface area (Å²) in [6, 6.07) is 17.9. The van der Waals surface area contributed by atoms with Crippen molar-refractivity contribution in [3.05, 3.63) is 70.8 Å². The van der Waals surface area contributed by atoms with E-state index in [1.165, 1.54) is 33.7 Å². The van der Waals surface area contributed by atoms with E-state index in [0.29, 0.717) is 0 Å². The van der Waals surface area contributed by atoms with Gasteiger partial charge in [0.15, 0.2) is 24.5 Å². The molecule has 2 aromatic rings. The molecule has 0 radical (unpaired) electrons. The van der Waals surface area contributed by atoms with E-state index in [2.05, 4.69) is 57.7 Å². The van der Waals surface area contributed by atoms with E-state index in [4.69, 9.17) is 9.47 Å². The lowest BCUT2D eigenvalue weighted by Gasteiger charge is -2.21. The zero-order chi connectivity index (χ0) is 20.8. The number of fused-ring (bicyclic) bond motifs is 2. The van der Waals surface area contributed by atoms with Crippen LogP contribution in [0.1, 0.15) is 35.1 Å². The molecule has 0 bridgehead atoms. The highest BCUT2D eigenvalue weighted by Gasteiger charge is 2.29. The SMILES string of the molecule is Br.Br.Br.Br.COCC[N+]1=C(CCC2=[N+](CCOC)CCc3ccccc32)c2ccccc2CC1. The molecule has 190 valence electrons. The van der Waals surface area contributed by atoms with Gasteiger partial charge in [-0.3, -0.25) is 0 Å². The van der Waals surface area contributed by atoms with Crippen LogP contribution in [-0.2, 0) is 22.3 Å². The van der Waals surface area contributed by atoms with E-state index < -0.39 is 0 Å². The maximum Gasteiger partial charge on any atom is 0.184 e. The second-order valence-corrected chi connectivity index (χ2v) is 8.17. The molecule has 2 aromatic carbocycles. The Labute approximate surface area is 246 Å². The Morgan fingerprint density at radius 3 is 1.38 bits per heavy atom. The third-order valence-corrected chi connectivity index (χ3v) is 6.45. The molecule has 0 N–H and O–H groups in total. The van der Waals surface area contributed by atoms with Crippen LogP contribution in [0.5, 0.6) is 0 Å². The normalized spacial score (nSPS) is 14.1. The maximum absolute atomic E-state index is 5.40. The van der Waals surface area contributed by atoms with E-state index in [1.807, 2.05) is 0 Å². The fraction of sp³-hybridized carbons (Fsp3) is 0.462. The van der Waals surface area contributed by atoms with E-state index in [1.54, 1.807) is 14.2 Å². The minimum atomic E-state index is 0. The number of ether oxygens (including phenoxy) is 2. The monoisotopic (exact) mass is 726 g/mol. The summed E-state index contributed by atoms with van der Waals surface area (Å²) < 4.78 is 15.9. The van der Waals surface area contributed by atoms with Crippen LogP contribution in [0.25, 0.3) is 0 Å². The first-order chi connectivity index (χ1) is 14.8. The predicted molar refractivity (Wildman–Crippen MR) is 163 cm³/mol. The first-order valence-electron chi connectivity index (χ1n) is 11.2. The van der Waals surface area contributed by atoms with E-state index >= 15 is 0 Å². The Bertz CT molecular complexity index is 886. The molecule has 8 heteroatoms. The number of halogens is 4. The smallest absolute Gasteiger partial charge is 0.184 e. The standard InChI is InChI=1S/C26H34N2O2.4BrH/c1-29-19-17-27-15-13-21-7-3-5-9-23(21)25(27)11-12-26-24-10-6-4-8-22(24)14-16-28(26)18-20-30-2;;;;/h3-10H,11-20H2,1-2H3;4*1H/q+2;;;;. The van der Waals surface area contributed by atoms with Gasteiger partial charge in [-0.2, -0.15) is 0 Å². The third-order valence-electron chi connectivity index (χ3n) is 6.45. The van der Waals surface area contributed by atoms with Crippen LogP contribution in [0.15, 0.2) is 48.5 Å². The summed E-state index contributed by atoms with van der Waals surface area (Å²) in [5.74, 6) is 0. The van der Waals surface area contributed by atoms with Crippen LogP contribution in [0.3, 0.4) is 0 Å². The van der Waals surface area contributed by atoms with Crippen LogP contribution in [0.4, 0.5) is 0 Å². The fourth-order valence-electron chi connectivity index (χ4n) is 4.88. The Kier molecular flexibility index (Phi) is 16.9. The molecule has 0 fully saturated rings. The minimum absolute atomic E-state index is 0. The number of methoxy groups -OCH3 is 2. The zero-order valence-corrected chi connectivity index (χ0v) is 26.9. The molecule has 0 amide bonds. The summed E-state index contributed by atoms with van der Waals surface area (Å²) in [5.41, 5.74) is 8.74. The van der Waals surface area contributed by atoms with Gasteiger partial charge in [0.1, 0.15) is 26.3 Å². The summed E-state index contributed by atoms with van der Waals surface area (Å²) in [7, 11) is 3.58. The number of hydrogen-bond acceptors (Lipinski definition) is 2. The second kappa shape index (κ2) is 17.1. The molecule has 0 aromatic heterocycles. The lowest BCUT2D eigenvalue weighted by atomic mass is 9.90. The molecule has 2 aliphatic heterocycles. The van der Waals surface area contributed by atoms with Crippen molar-refractivity contribution in [2.45, 2.75) is 25.7 Å². The lowest BCUT2D eigenvalue weighted by Crippen LogP contribution is -2.35. The summed E-state index contributed by atoms with van der Waals surface area (Å²) in [6.45, 7) is 5.61. The average Bonchev–Trinajstić information content (AvgIpc) is 2.80. The second-order valence-electron chi connectivity index (χ2n) is 8.17. The Hall–Kier alpha value is -0.380. The molecular formula is C26H38Br4N2O2+2. The molecule has 2 heterocycles. The maximum atomic E-state index is 5.40. The van der Waals surface area contributed by atoms with Gasteiger partial charge in [0, 0.05) is 51.0 Å². The summed E-state index contributed by atoms with van der Waals surface area (Å²) >= 11 is 0. The number of hydrogen-bond donors (Lipinski definition) is 0. The number of nitrogens with zero attached hydrogens (tertiary/aromatic N) is 2. The van der Waals surface area contributed by atoms with Crippen LogP contribution in [-0.4, -0.2) is 74.2 Å². The average molecular weight is 730 g/mol. The van der Waals surface area contributed by atoms with Crippen molar-refractivity contribution < 1.29 is 18.6 Å². The molecule has 0 spiro atoms. The highest BCUT2D eigenvalue weighted by atomic mass is 79.9. The van der Waals surface area contributed by atoms with Crippen molar-refractivity contribution in [3.8, 4) is 0 Å². The molecule has 2 aliphatic rings. The lowest BCUT2D eigenvalue weighted by molar-refractivity contribution is -0.534. The van der Waals surface area contributed by atoms with Gasteiger partial charge in [-0.25, -0.2) is 9.15 Å². The quantitative estimate of drug-likeness (QED) is 0.320. The Morgan fingerprint density at radius 2 is 1.00 bits per heavy atom. The van der Waals surface area contributed by atoms with Crippen LogP contribution in [0.2, 0.25) is 0 Å². The van der Waals surface area contributed by atoms with Crippen molar-refractivity contribution in [2.75, 3.05) is 53.6 Å². The Morgan fingerprint density at radius 1 is 0.618 bits per heavy atom. The van der Waals surface area contributed by atoms with Gasteiger partial charge in [-0.15, -0.1) is 67.9 Å². The molecule has 0 aliphatic carbocycles. The molecule has 0 saturated carbocycles. The first kappa shape index (κ1) is 33.6. The fourth-order valence-corrected chi connectivity index (χ4v) is 4.88. The van der Waals surface area contributed by atoms with Crippen molar-refractivity contribution in [3.63, 3.8) is 0 Å². The predicted octanol–water partition coefficient (Wildman–Crippen LogP) is 5.49. The molecule has 34 heavy (non-hydrogen) atoms. The van der Waals surface area contributed by atoms with E-state index in [-0.39, 0.29) is 67.9 Å². The zero-order valence-electron chi connectivity index (χ0n) is 20.0. The number of rotatable bonds is 9. The van der Waals surface area contributed by atoms with Gasteiger partial charge in [0.25, 0.3) is 0 Å². The molecule has 0 atom stereocenters. The van der Waals surface area contributed by atoms with E-state index in [0.717, 1.165) is 65.1 Å². The molecule has 4 nitrogen and oxygen atoms in total. The molecular weight excluding hydrogens is 692 g/mol. The van der Waals surface area contributed by atoms with Gasteiger partial charge in [0.2, 0.25) is 0 Å². The minimum Gasteiger partial charge on any atom is -0.378 e. The largest absolute Gasteiger partial charge is 0.378 e. The third kappa shape index (κ3) is 8.07. The summed E-state index contributed by atoms with van der Waals surface area (Å²) in [6.07, 6.45) is 4.33. The first-order valence-corrected chi connectivity index (χ1v) is 11.2.